The number of halogens is 2. The van der Waals surface area contributed by atoms with Crippen molar-refractivity contribution < 1.29 is 33.0 Å². The number of carboxylic acid groups (broad SMARTS) is 1. The number of hydrogen-bond acceptors (Lipinski definition) is 4. The lowest BCUT2D eigenvalue weighted by atomic mass is 9.98. The smallest absolute Gasteiger partial charge is 0.407 e. The zero-order valence-electron chi connectivity index (χ0n) is 18.7. The van der Waals surface area contributed by atoms with Crippen molar-refractivity contribution in [3.05, 3.63) is 59.7 Å². The maximum atomic E-state index is 15.0. The number of hydrogen-bond donors (Lipinski definition) is 3. The van der Waals surface area contributed by atoms with Gasteiger partial charge in [0.25, 0.3) is 5.91 Å². The van der Waals surface area contributed by atoms with Crippen LogP contribution in [0.15, 0.2) is 48.5 Å². The number of ether oxygens (including phenoxy) is 1. The summed E-state index contributed by atoms with van der Waals surface area (Å²) >= 11 is 0. The van der Waals surface area contributed by atoms with Crippen molar-refractivity contribution >= 4 is 18.0 Å². The number of terminal acetylenes is 1. The van der Waals surface area contributed by atoms with Crippen molar-refractivity contribution in [1.82, 2.24) is 10.6 Å². The van der Waals surface area contributed by atoms with Gasteiger partial charge in [-0.1, -0.05) is 48.5 Å². The molecule has 0 saturated heterocycles. The van der Waals surface area contributed by atoms with Crippen LogP contribution in [0, 0.1) is 18.3 Å². The number of aliphatic carboxylic acids is 1. The highest BCUT2D eigenvalue weighted by Gasteiger charge is 2.55. The highest BCUT2D eigenvalue weighted by molar-refractivity contribution is 5.89. The van der Waals surface area contributed by atoms with Gasteiger partial charge in [0.05, 0.1) is 0 Å². The zero-order chi connectivity index (χ0) is 25.2. The predicted octanol–water partition coefficient (Wildman–Crippen LogP) is 3.53. The van der Waals surface area contributed by atoms with Crippen molar-refractivity contribution in [3.63, 3.8) is 0 Å². The molecular formula is C26H24F2N2O5. The number of fused-ring (bicyclic) bond motifs is 3. The van der Waals surface area contributed by atoms with Crippen LogP contribution in [0.3, 0.4) is 0 Å². The van der Waals surface area contributed by atoms with Crippen LogP contribution in [0.4, 0.5) is 13.6 Å². The highest BCUT2D eigenvalue weighted by atomic mass is 19.3. The van der Waals surface area contributed by atoms with Crippen LogP contribution in [0.25, 0.3) is 11.1 Å². The van der Waals surface area contributed by atoms with Crippen LogP contribution < -0.4 is 10.6 Å². The summed E-state index contributed by atoms with van der Waals surface area (Å²) in [5, 5.41) is 13.0. The Morgan fingerprint density at radius 3 is 2.14 bits per heavy atom. The van der Waals surface area contributed by atoms with Crippen molar-refractivity contribution in [3.8, 4) is 23.5 Å². The van der Waals surface area contributed by atoms with E-state index in [0.29, 0.717) is 12.8 Å². The van der Waals surface area contributed by atoms with E-state index in [0.717, 1.165) is 22.3 Å². The molecular weight excluding hydrogens is 458 g/mol. The second-order valence-corrected chi connectivity index (χ2v) is 8.68. The molecule has 7 nitrogen and oxygen atoms in total. The van der Waals surface area contributed by atoms with E-state index in [1.54, 1.807) is 5.32 Å². The molecule has 9 heteroatoms. The lowest BCUT2D eigenvalue weighted by Crippen LogP contribution is -2.59. The standard InChI is InChI=1S/C26H24F2N2O5/c1-2-7-21(23(31)32)29-24(33)26(27,28)22(15-12-13-15)30-25(34)35-14-20-18-10-5-3-8-16(18)17-9-4-6-11-19(17)20/h1,3-6,8-11,15,20-22H,7,12-14H2,(H,29,33)(H,30,34)(H,31,32). The average molecular weight is 482 g/mol. The first-order valence-electron chi connectivity index (χ1n) is 11.2. The van der Waals surface area contributed by atoms with Gasteiger partial charge in [-0.15, -0.1) is 12.3 Å². The summed E-state index contributed by atoms with van der Waals surface area (Å²) in [7, 11) is 0. The van der Waals surface area contributed by atoms with Gasteiger partial charge in [-0.3, -0.25) is 4.79 Å². The average Bonchev–Trinajstić information content (AvgIpc) is 3.63. The van der Waals surface area contributed by atoms with E-state index < -0.39 is 48.3 Å². The first kappa shape index (κ1) is 24.2. The van der Waals surface area contributed by atoms with E-state index >= 15 is 8.78 Å². The minimum Gasteiger partial charge on any atom is -0.480 e. The molecule has 182 valence electrons. The number of rotatable bonds is 9. The van der Waals surface area contributed by atoms with Crippen molar-refractivity contribution in [2.45, 2.75) is 43.2 Å². The second-order valence-electron chi connectivity index (χ2n) is 8.68. The normalized spacial score (nSPS) is 16.3. The number of benzene rings is 2. The fourth-order valence-electron chi connectivity index (χ4n) is 4.41. The minimum absolute atomic E-state index is 0.0712. The molecule has 0 spiro atoms. The van der Waals surface area contributed by atoms with Gasteiger partial charge in [0.1, 0.15) is 18.7 Å². The number of nitrogens with one attached hydrogen (secondary N) is 2. The van der Waals surface area contributed by atoms with Gasteiger partial charge in [-0.2, -0.15) is 8.78 Å². The van der Waals surface area contributed by atoms with Crippen LogP contribution in [0.5, 0.6) is 0 Å². The largest absolute Gasteiger partial charge is 0.480 e. The fourth-order valence-corrected chi connectivity index (χ4v) is 4.41. The number of alkyl halides is 2. The molecule has 0 bridgehead atoms. The van der Waals surface area contributed by atoms with Crippen LogP contribution in [0.2, 0.25) is 0 Å². The third-order valence-corrected chi connectivity index (χ3v) is 6.33. The van der Waals surface area contributed by atoms with E-state index in [1.807, 2.05) is 54.5 Å². The molecule has 1 fully saturated rings. The van der Waals surface area contributed by atoms with Crippen LogP contribution in [-0.4, -0.2) is 47.7 Å². The van der Waals surface area contributed by atoms with Crippen LogP contribution in [0.1, 0.15) is 36.3 Å². The molecule has 2 aliphatic carbocycles. The SMILES string of the molecule is C#CCC(NC(=O)C(F)(F)C(NC(=O)OCC1c2ccccc2-c2ccccc21)C1CC1)C(=O)O. The Labute approximate surface area is 200 Å². The van der Waals surface area contributed by atoms with Crippen LogP contribution >= 0.6 is 0 Å². The Morgan fingerprint density at radius 2 is 1.63 bits per heavy atom. The van der Waals surface area contributed by atoms with Crippen LogP contribution in [-0.2, 0) is 14.3 Å². The molecule has 2 aromatic rings. The molecule has 2 aliphatic rings. The second kappa shape index (κ2) is 9.74. The van der Waals surface area contributed by atoms with E-state index in [-0.39, 0.29) is 12.5 Å². The first-order valence-corrected chi connectivity index (χ1v) is 11.2. The lowest BCUT2D eigenvalue weighted by molar-refractivity contribution is -0.155. The predicted molar refractivity (Wildman–Crippen MR) is 123 cm³/mol. The molecule has 2 atom stereocenters. The highest BCUT2D eigenvalue weighted by Crippen LogP contribution is 2.44. The van der Waals surface area contributed by atoms with E-state index in [1.165, 1.54) is 0 Å². The third kappa shape index (κ3) is 4.97. The minimum atomic E-state index is -4.06. The van der Waals surface area contributed by atoms with Gasteiger partial charge >= 0.3 is 18.0 Å². The van der Waals surface area contributed by atoms with Crippen molar-refractivity contribution in [1.29, 1.82) is 0 Å². The zero-order valence-corrected chi connectivity index (χ0v) is 18.7. The Morgan fingerprint density at radius 1 is 1.06 bits per heavy atom. The summed E-state index contributed by atoms with van der Waals surface area (Å²) in [6.45, 7) is -0.0712. The van der Waals surface area contributed by atoms with Gasteiger partial charge in [0, 0.05) is 12.3 Å². The molecule has 1 saturated carbocycles. The maximum absolute atomic E-state index is 15.0. The molecule has 2 amide bonds. The Kier molecular flexibility index (Phi) is 6.74. The Hall–Kier alpha value is -3.93. The molecule has 4 rings (SSSR count). The fraction of sp³-hybridized carbons (Fsp3) is 0.346. The quantitative estimate of drug-likeness (QED) is 0.475. The molecule has 0 aromatic heterocycles. The summed E-state index contributed by atoms with van der Waals surface area (Å²) in [5.74, 6) is -6.25. The van der Waals surface area contributed by atoms with E-state index in [4.69, 9.17) is 16.3 Å². The van der Waals surface area contributed by atoms with Gasteiger partial charge in [0.15, 0.2) is 0 Å². The summed E-state index contributed by atoms with van der Waals surface area (Å²) in [6, 6.07) is 11.9. The van der Waals surface area contributed by atoms with Gasteiger partial charge in [-0.25, -0.2) is 9.59 Å². The Bertz CT molecular complexity index is 1140. The molecule has 2 unspecified atom stereocenters. The lowest BCUT2D eigenvalue weighted by Gasteiger charge is -2.27. The number of carbonyl (C=O) groups excluding carboxylic acids is 2. The summed E-state index contributed by atoms with van der Waals surface area (Å²) in [5.41, 5.74) is 3.99. The summed E-state index contributed by atoms with van der Waals surface area (Å²) in [4.78, 5) is 36.0. The number of amides is 2. The number of carboxylic acids is 1. The molecule has 0 radical (unpaired) electrons. The maximum Gasteiger partial charge on any atom is 0.407 e. The topological polar surface area (TPSA) is 105 Å². The Balaban J connectivity index is 1.43. The molecule has 3 N–H and O–H groups in total. The summed E-state index contributed by atoms with van der Waals surface area (Å²) in [6.07, 6.45) is 4.31. The van der Waals surface area contributed by atoms with Gasteiger partial charge < -0.3 is 20.5 Å². The molecule has 2 aromatic carbocycles. The van der Waals surface area contributed by atoms with Crippen molar-refractivity contribution in [2.75, 3.05) is 6.61 Å². The van der Waals surface area contributed by atoms with E-state index in [9.17, 15) is 14.4 Å². The van der Waals surface area contributed by atoms with Crippen molar-refractivity contribution in [2.24, 2.45) is 5.92 Å². The number of alkyl carbamates (subject to hydrolysis) is 1. The monoisotopic (exact) mass is 482 g/mol. The third-order valence-electron chi connectivity index (χ3n) is 6.33. The van der Waals surface area contributed by atoms with Gasteiger partial charge in [0.2, 0.25) is 0 Å². The van der Waals surface area contributed by atoms with Gasteiger partial charge in [-0.05, 0) is 41.0 Å². The first-order chi connectivity index (χ1) is 16.7. The molecule has 0 heterocycles. The van der Waals surface area contributed by atoms with E-state index in [2.05, 4.69) is 5.32 Å². The summed E-state index contributed by atoms with van der Waals surface area (Å²) < 4.78 is 35.4. The molecule has 35 heavy (non-hydrogen) atoms. The number of carbonyl (C=O) groups is 3. The molecule has 0 aliphatic heterocycles.